The quantitative estimate of drug-likeness (QED) is 0.688. The highest BCUT2D eigenvalue weighted by atomic mass is 32.1. The molecule has 1 heterocycles. The number of carbonyl (C=O) groups excluding carboxylic acids is 1. The lowest BCUT2D eigenvalue weighted by Crippen LogP contribution is -2.16. The number of fused-ring (bicyclic) bond motifs is 1. The van der Waals surface area contributed by atoms with Gasteiger partial charge in [-0.1, -0.05) is 23.5 Å². The van der Waals surface area contributed by atoms with Gasteiger partial charge in [0.25, 0.3) is 0 Å². The van der Waals surface area contributed by atoms with Crippen LogP contribution in [0.4, 0.5) is 18.3 Å². The molecule has 0 aliphatic rings. The molecule has 0 fully saturated rings. The number of halogens is 3. The summed E-state index contributed by atoms with van der Waals surface area (Å²) in [5, 5.41) is 11.7. The second-order valence-corrected chi connectivity index (χ2v) is 6.58. The van der Waals surface area contributed by atoms with E-state index in [9.17, 15) is 18.0 Å². The fourth-order valence-electron chi connectivity index (χ4n) is 2.34. The Morgan fingerprint density at radius 1 is 1.22 bits per heavy atom. The van der Waals surface area contributed by atoms with Gasteiger partial charge in [0.05, 0.1) is 21.8 Å². The summed E-state index contributed by atoms with van der Waals surface area (Å²) in [5.41, 5.74) is 1.94. The monoisotopic (exact) mass is 391 g/mol. The first-order chi connectivity index (χ1) is 12.8. The van der Waals surface area contributed by atoms with E-state index in [1.807, 2.05) is 6.07 Å². The van der Waals surface area contributed by atoms with Gasteiger partial charge in [-0.3, -0.25) is 4.79 Å². The van der Waals surface area contributed by atoms with Gasteiger partial charge in [0, 0.05) is 12.5 Å². The Balaban J connectivity index is 1.61. The van der Waals surface area contributed by atoms with E-state index in [0.29, 0.717) is 27.3 Å². The topological polar surface area (TPSA) is 75.0 Å². The van der Waals surface area contributed by atoms with Crippen molar-refractivity contribution in [1.82, 2.24) is 4.98 Å². The number of nitriles is 1. The maximum absolute atomic E-state index is 12.3. The molecule has 0 bridgehead atoms. The van der Waals surface area contributed by atoms with Gasteiger partial charge in [-0.25, -0.2) is 4.98 Å². The first-order valence-corrected chi connectivity index (χ1v) is 8.59. The van der Waals surface area contributed by atoms with E-state index in [-0.39, 0.29) is 18.1 Å². The molecule has 3 rings (SSSR count). The highest BCUT2D eigenvalue weighted by Crippen LogP contribution is 2.31. The number of alkyl halides is 3. The second-order valence-electron chi connectivity index (χ2n) is 5.55. The summed E-state index contributed by atoms with van der Waals surface area (Å²) >= 11 is 1.07. The van der Waals surface area contributed by atoms with Crippen molar-refractivity contribution in [1.29, 1.82) is 5.26 Å². The standard InChI is InChI=1S/C18H12F3N3O2S/c19-18(20,21)26-13-6-7-14-15(9-13)27-17(23-14)24-16(25)8-5-11-1-3-12(10-22)4-2-11/h1-4,6-7,9H,5,8H2,(H,23,24,25). The summed E-state index contributed by atoms with van der Waals surface area (Å²) in [6, 6.07) is 12.8. The minimum absolute atomic E-state index is 0.213. The Hall–Kier alpha value is -3.12. The first-order valence-electron chi connectivity index (χ1n) is 7.77. The molecule has 138 valence electrons. The van der Waals surface area contributed by atoms with Gasteiger partial charge < -0.3 is 10.1 Å². The van der Waals surface area contributed by atoms with E-state index in [2.05, 4.69) is 15.0 Å². The number of carbonyl (C=O) groups is 1. The zero-order valence-electron chi connectivity index (χ0n) is 13.7. The van der Waals surface area contributed by atoms with Crippen LogP contribution in [-0.2, 0) is 11.2 Å². The molecule has 3 aromatic rings. The highest BCUT2D eigenvalue weighted by Gasteiger charge is 2.31. The van der Waals surface area contributed by atoms with E-state index < -0.39 is 6.36 Å². The van der Waals surface area contributed by atoms with Crippen LogP contribution in [0, 0.1) is 11.3 Å². The van der Waals surface area contributed by atoms with Crippen molar-refractivity contribution >= 4 is 32.6 Å². The molecule has 0 aliphatic heterocycles. The van der Waals surface area contributed by atoms with Crippen molar-refractivity contribution in [3.63, 3.8) is 0 Å². The number of anilines is 1. The largest absolute Gasteiger partial charge is 0.573 e. The molecular weight excluding hydrogens is 379 g/mol. The van der Waals surface area contributed by atoms with Crippen molar-refractivity contribution in [2.75, 3.05) is 5.32 Å². The second kappa shape index (κ2) is 7.63. The summed E-state index contributed by atoms with van der Waals surface area (Å²) in [7, 11) is 0. The van der Waals surface area contributed by atoms with Crippen molar-refractivity contribution < 1.29 is 22.7 Å². The lowest BCUT2D eigenvalue weighted by molar-refractivity contribution is -0.274. The van der Waals surface area contributed by atoms with Crippen LogP contribution in [0.25, 0.3) is 10.2 Å². The first kappa shape index (κ1) is 18.7. The molecule has 27 heavy (non-hydrogen) atoms. The third-order valence-corrected chi connectivity index (χ3v) is 4.50. The molecule has 0 atom stereocenters. The van der Waals surface area contributed by atoms with Crippen LogP contribution in [0.15, 0.2) is 42.5 Å². The maximum Gasteiger partial charge on any atom is 0.573 e. The van der Waals surface area contributed by atoms with Gasteiger partial charge in [-0.05, 0) is 36.2 Å². The lowest BCUT2D eigenvalue weighted by Gasteiger charge is -2.07. The normalized spacial score (nSPS) is 11.2. The molecule has 0 spiro atoms. The number of nitrogens with zero attached hydrogens (tertiary/aromatic N) is 2. The Morgan fingerprint density at radius 2 is 1.96 bits per heavy atom. The number of thiazole rings is 1. The van der Waals surface area contributed by atoms with Crippen LogP contribution < -0.4 is 10.1 Å². The Bertz CT molecular complexity index is 1010. The zero-order valence-corrected chi connectivity index (χ0v) is 14.5. The average Bonchev–Trinajstić information content (AvgIpc) is 3.00. The fourth-order valence-corrected chi connectivity index (χ4v) is 3.25. The van der Waals surface area contributed by atoms with Gasteiger partial charge in [0.1, 0.15) is 5.75 Å². The Morgan fingerprint density at radius 3 is 2.63 bits per heavy atom. The fraction of sp³-hybridized carbons (Fsp3) is 0.167. The molecule has 1 amide bonds. The van der Waals surface area contributed by atoms with E-state index in [0.717, 1.165) is 16.9 Å². The van der Waals surface area contributed by atoms with E-state index in [4.69, 9.17) is 5.26 Å². The van der Waals surface area contributed by atoms with Crippen LogP contribution in [0.2, 0.25) is 0 Å². The predicted octanol–water partition coefficient (Wildman–Crippen LogP) is 4.64. The molecule has 2 aromatic carbocycles. The number of hydrogen-bond donors (Lipinski definition) is 1. The molecule has 1 aromatic heterocycles. The summed E-state index contributed by atoms with van der Waals surface area (Å²) in [5.74, 6) is -0.595. The van der Waals surface area contributed by atoms with E-state index in [1.54, 1.807) is 24.3 Å². The van der Waals surface area contributed by atoms with Gasteiger partial charge in [0.15, 0.2) is 5.13 Å². The van der Waals surface area contributed by atoms with Gasteiger partial charge in [-0.2, -0.15) is 5.26 Å². The van der Waals surface area contributed by atoms with Gasteiger partial charge in [-0.15, -0.1) is 13.2 Å². The molecule has 5 nitrogen and oxygen atoms in total. The van der Waals surface area contributed by atoms with Crippen molar-refractivity contribution in [3.8, 4) is 11.8 Å². The minimum Gasteiger partial charge on any atom is -0.406 e. The van der Waals surface area contributed by atoms with Crippen LogP contribution >= 0.6 is 11.3 Å². The number of aryl methyl sites for hydroxylation is 1. The molecule has 9 heteroatoms. The maximum atomic E-state index is 12.3. The van der Waals surface area contributed by atoms with E-state index in [1.165, 1.54) is 18.2 Å². The van der Waals surface area contributed by atoms with Crippen LogP contribution in [-0.4, -0.2) is 17.3 Å². The van der Waals surface area contributed by atoms with Gasteiger partial charge >= 0.3 is 6.36 Å². The third-order valence-electron chi connectivity index (χ3n) is 3.56. The summed E-state index contributed by atoms with van der Waals surface area (Å²) in [6.45, 7) is 0. The van der Waals surface area contributed by atoms with Crippen molar-refractivity contribution in [2.24, 2.45) is 0 Å². The summed E-state index contributed by atoms with van der Waals surface area (Å²) in [6.07, 6.45) is -4.06. The predicted molar refractivity (Wildman–Crippen MR) is 94.4 cm³/mol. The minimum atomic E-state index is -4.76. The van der Waals surface area contributed by atoms with Crippen LogP contribution in [0.3, 0.4) is 0 Å². The molecule has 0 saturated heterocycles. The number of ether oxygens (including phenoxy) is 1. The Labute approximate surface area is 156 Å². The third kappa shape index (κ3) is 5.18. The molecule has 0 aliphatic carbocycles. The van der Waals surface area contributed by atoms with Crippen LogP contribution in [0.1, 0.15) is 17.5 Å². The molecule has 0 unspecified atom stereocenters. The lowest BCUT2D eigenvalue weighted by atomic mass is 10.1. The highest BCUT2D eigenvalue weighted by molar-refractivity contribution is 7.22. The molecule has 1 N–H and O–H groups in total. The molecule has 0 radical (unpaired) electrons. The number of amides is 1. The van der Waals surface area contributed by atoms with E-state index >= 15 is 0 Å². The SMILES string of the molecule is N#Cc1ccc(CCC(=O)Nc2nc3ccc(OC(F)(F)F)cc3s2)cc1. The molecular formula is C18H12F3N3O2S. The van der Waals surface area contributed by atoms with Gasteiger partial charge in [0.2, 0.25) is 5.91 Å². The summed E-state index contributed by atoms with van der Waals surface area (Å²) in [4.78, 5) is 16.3. The number of nitrogens with one attached hydrogen (secondary N) is 1. The number of rotatable bonds is 5. The van der Waals surface area contributed by atoms with Crippen molar-refractivity contribution in [2.45, 2.75) is 19.2 Å². The molecule has 0 saturated carbocycles. The van der Waals surface area contributed by atoms with Crippen LogP contribution in [0.5, 0.6) is 5.75 Å². The van der Waals surface area contributed by atoms with Crippen molar-refractivity contribution in [3.05, 3.63) is 53.6 Å². The number of hydrogen-bond acceptors (Lipinski definition) is 5. The smallest absolute Gasteiger partial charge is 0.406 e. The average molecular weight is 391 g/mol. The zero-order chi connectivity index (χ0) is 19.4. The Kier molecular flexibility index (Phi) is 5.28. The summed E-state index contributed by atoms with van der Waals surface area (Å²) < 4.78 is 41.2. The number of aromatic nitrogens is 1. The number of benzene rings is 2.